The molecule has 0 bridgehead atoms. The van der Waals surface area contributed by atoms with Gasteiger partial charge in [0.15, 0.2) is 0 Å². The number of carbonyl (C=O) groups excluding carboxylic acids is 1. The summed E-state index contributed by atoms with van der Waals surface area (Å²) in [7, 11) is 0. The van der Waals surface area contributed by atoms with E-state index in [9.17, 15) is 4.79 Å². The first-order chi connectivity index (χ1) is 10.9. The molecule has 0 unspecified atom stereocenters. The number of rotatable bonds is 3. The molecule has 4 nitrogen and oxygen atoms in total. The van der Waals surface area contributed by atoms with E-state index in [4.69, 9.17) is 0 Å². The predicted molar refractivity (Wildman–Crippen MR) is 88.4 cm³/mol. The zero-order valence-corrected chi connectivity index (χ0v) is 11.6. The number of anilines is 1. The van der Waals surface area contributed by atoms with Crippen LogP contribution in [0.25, 0.3) is 32.9 Å². The fraction of sp³-hybridized carbons (Fsp3) is 0. The van der Waals surface area contributed by atoms with Gasteiger partial charge in [0.2, 0.25) is 0 Å². The number of hydrogen-bond donors (Lipinski definition) is 2. The second-order valence-corrected chi connectivity index (χ2v) is 5.09. The number of H-pyrrole nitrogens is 1. The highest BCUT2D eigenvalue weighted by Gasteiger charge is 2.11. The zero-order chi connectivity index (χ0) is 14.9. The molecule has 0 saturated carbocycles. The van der Waals surface area contributed by atoms with Crippen LogP contribution in [0.3, 0.4) is 0 Å². The molecule has 2 N–H and O–H groups in total. The lowest BCUT2D eigenvalue weighted by molar-refractivity contribution is 0.561. The summed E-state index contributed by atoms with van der Waals surface area (Å²) in [6.07, 6.45) is 1.70. The molecule has 1 radical (unpaired) electrons. The molecule has 1 heterocycles. The summed E-state index contributed by atoms with van der Waals surface area (Å²) in [5.41, 5.74) is 3.57. The Morgan fingerprint density at radius 1 is 0.955 bits per heavy atom. The van der Waals surface area contributed by atoms with Crippen LogP contribution in [-0.4, -0.2) is 16.6 Å². The Morgan fingerprint density at radius 3 is 2.73 bits per heavy atom. The molecule has 0 fully saturated rings. The lowest BCUT2D eigenvalue weighted by Crippen LogP contribution is -1.92. The Labute approximate surface area is 126 Å². The van der Waals surface area contributed by atoms with Gasteiger partial charge in [-0.25, -0.2) is 0 Å². The number of hydrogen-bond acceptors (Lipinski definition) is 2. The molecule has 0 spiro atoms. The summed E-state index contributed by atoms with van der Waals surface area (Å²) < 4.78 is 0. The van der Waals surface area contributed by atoms with Crippen molar-refractivity contribution in [1.82, 2.24) is 10.2 Å². The number of amides is 1. The summed E-state index contributed by atoms with van der Waals surface area (Å²) >= 11 is 0. The average Bonchev–Trinajstić information content (AvgIpc) is 2.98. The quantitative estimate of drug-likeness (QED) is 0.562. The van der Waals surface area contributed by atoms with Crippen LogP contribution < -0.4 is 5.32 Å². The van der Waals surface area contributed by atoms with E-state index in [0.29, 0.717) is 5.69 Å². The third-order valence-corrected chi connectivity index (χ3v) is 3.80. The van der Waals surface area contributed by atoms with Crippen LogP contribution in [0, 0.1) is 0 Å². The number of aromatic amines is 1. The minimum absolute atomic E-state index is 0.699. The summed E-state index contributed by atoms with van der Waals surface area (Å²) in [4.78, 5) is 10.5. The van der Waals surface area contributed by atoms with Crippen molar-refractivity contribution in [3.63, 3.8) is 0 Å². The minimum atomic E-state index is 0.699. The van der Waals surface area contributed by atoms with E-state index in [1.54, 1.807) is 6.41 Å². The normalized spacial score (nSPS) is 10.9. The topological polar surface area (TPSA) is 57.8 Å². The molecule has 4 rings (SSSR count). The molecule has 3 aromatic carbocycles. The Balaban J connectivity index is 2.00. The highest BCUT2D eigenvalue weighted by molar-refractivity contribution is 6.04. The summed E-state index contributed by atoms with van der Waals surface area (Å²) in [6.45, 7) is 0. The Kier molecular flexibility index (Phi) is 2.86. The van der Waals surface area contributed by atoms with E-state index in [2.05, 4.69) is 39.8 Å². The van der Waals surface area contributed by atoms with Crippen molar-refractivity contribution in [2.24, 2.45) is 0 Å². The van der Waals surface area contributed by atoms with Crippen molar-refractivity contribution >= 4 is 33.8 Å². The van der Waals surface area contributed by atoms with Gasteiger partial charge in [0.25, 0.3) is 0 Å². The molecule has 1 amide bonds. The molecule has 0 atom stereocenters. The molecule has 0 saturated heterocycles. The molecule has 105 valence electrons. The van der Waals surface area contributed by atoms with Crippen molar-refractivity contribution in [1.29, 1.82) is 0 Å². The first-order valence-electron chi connectivity index (χ1n) is 6.96. The van der Waals surface area contributed by atoms with Crippen molar-refractivity contribution < 1.29 is 4.79 Å². The molecular weight excluding hydrogens is 274 g/mol. The SMILES string of the molecule is O=[C]Nc1ccc2[nH]nc(-c3cccc4ccccc34)c2c1. The summed E-state index contributed by atoms with van der Waals surface area (Å²) in [5.74, 6) is 0. The molecule has 0 aliphatic carbocycles. The standard InChI is InChI=1S/C18H12N3O/c22-11-19-13-8-9-17-16(10-13)18(21-20-17)15-7-3-5-12-4-1-2-6-14(12)15/h1-10H,(H,19,22)(H,20,21). The van der Waals surface area contributed by atoms with E-state index in [0.717, 1.165) is 27.5 Å². The number of fused-ring (bicyclic) bond motifs is 2. The first-order valence-corrected chi connectivity index (χ1v) is 6.96. The maximum absolute atomic E-state index is 10.5. The second kappa shape index (κ2) is 5.00. The third kappa shape index (κ3) is 1.93. The van der Waals surface area contributed by atoms with E-state index >= 15 is 0 Å². The van der Waals surface area contributed by atoms with Crippen LogP contribution in [0.5, 0.6) is 0 Å². The highest BCUT2D eigenvalue weighted by Crippen LogP contribution is 2.33. The zero-order valence-electron chi connectivity index (χ0n) is 11.6. The lowest BCUT2D eigenvalue weighted by Gasteiger charge is -2.05. The maximum Gasteiger partial charge on any atom is 0.314 e. The van der Waals surface area contributed by atoms with Crippen LogP contribution in [0.2, 0.25) is 0 Å². The molecule has 0 aliphatic heterocycles. The molecule has 4 aromatic rings. The monoisotopic (exact) mass is 286 g/mol. The average molecular weight is 286 g/mol. The number of benzene rings is 3. The first kappa shape index (κ1) is 12.6. The number of aromatic nitrogens is 2. The van der Waals surface area contributed by atoms with Gasteiger partial charge < -0.3 is 5.32 Å². The molecule has 0 aliphatic rings. The predicted octanol–water partition coefficient (Wildman–Crippen LogP) is 3.86. The van der Waals surface area contributed by atoms with Crippen molar-refractivity contribution in [2.75, 3.05) is 5.32 Å². The van der Waals surface area contributed by atoms with Gasteiger partial charge in [-0.05, 0) is 29.0 Å². The van der Waals surface area contributed by atoms with Crippen molar-refractivity contribution in [3.05, 3.63) is 60.7 Å². The number of nitrogens with zero attached hydrogens (tertiary/aromatic N) is 1. The van der Waals surface area contributed by atoms with Crippen LogP contribution >= 0.6 is 0 Å². The van der Waals surface area contributed by atoms with E-state index < -0.39 is 0 Å². The van der Waals surface area contributed by atoms with Gasteiger partial charge in [-0.15, -0.1) is 0 Å². The largest absolute Gasteiger partial charge is 0.318 e. The van der Waals surface area contributed by atoms with Crippen LogP contribution in [0.15, 0.2) is 60.7 Å². The van der Waals surface area contributed by atoms with E-state index in [1.165, 1.54) is 5.39 Å². The molecular formula is C18H12N3O. The fourth-order valence-electron chi connectivity index (χ4n) is 2.79. The summed E-state index contributed by atoms with van der Waals surface area (Å²) in [5, 5.41) is 13.4. The molecule has 1 aromatic heterocycles. The lowest BCUT2D eigenvalue weighted by atomic mass is 10.00. The third-order valence-electron chi connectivity index (χ3n) is 3.80. The van der Waals surface area contributed by atoms with Crippen LogP contribution in [0.1, 0.15) is 0 Å². The highest BCUT2D eigenvalue weighted by atomic mass is 16.1. The van der Waals surface area contributed by atoms with Gasteiger partial charge in [0.05, 0.1) is 5.52 Å². The van der Waals surface area contributed by atoms with Gasteiger partial charge in [0, 0.05) is 16.6 Å². The van der Waals surface area contributed by atoms with Crippen molar-refractivity contribution in [3.8, 4) is 11.3 Å². The fourth-order valence-corrected chi connectivity index (χ4v) is 2.79. The number of nitrogens with one attached hydrogen (secondary N) is 2. The Hall–Kier alpha value is -3.14. The van der Waals surface area contributed by atoms with Gasteiger partial charge >= 0.3 is 6.41 Å². The molecule has 22 heavy (non-hydrogen) atoms. The second-order valence-electron chi connectivity index (χ2n) is 5.09. The van der Waals surface area contributed by atoms with Gasteiger partial charge in [-0.2, -0.15) is 5.10 Å². The van der Waals surface area contributed by atoms with Gasteiger partial charge in [0.1, 0.15) is 5.69 Å². The molecule has 4 heteroatoms. The smallest absolute Gasteiger partial charge is 0.314 e. The van der Waals surface area contributed by atoms with Crippen molar-refractivity contribution in [2.45, 2.75) is 0 Å². The van der Waals surface area contributed by atoms with Crippen LogP contribution in [0.4, 0.5) is 5.69 Å². The Bertz CT molecular complexity index is 983. The minimum Gasteiger partial charge on any atom is -0.318 e. The van der Waals surface area contributed by atoms with E-state index in [1.807, 2.05) is 36.4 Å². The van der Waals surface area contributed by atoms with Gasteiger partial charge in [-0.1, -0.05) is 42.5 Å². The summed E-state index contributed by atoms with van der Waals surface area (Å²) in [6, 6.07) is 20.0. The van der Waals surface area contributed by atoms with E-state index in [-0.39, 0.29) is 0 Å². The Morgan fingerprint density at radius 2 is 1.82 bits per heavy atom. The maximum atomic E-state index is 10.5. The van der Waals surface area contributed by atoms with Crippen LogP contribution in [-0.2, 0) is 4.79 Å². The van der Waals surface area contributed by atoms with Gasteiger partial charge in [-0.3, -0.25) is 9.89 Å².